The maximum atomic E-state index is 11.4. The molecule has 0 bridgehead atoms. The van der Waals surface area contributed by atoms with Gasteiger partial charge in [0.2, 0.25) is 0 Å². The maximum Gasteiger partial charge on any atom is 0.312 e. The van der Waals surface area contributed by atoms with E-state index in [0.717, 1.165) is 12.8 Å². The number of esters is 2. The molecule has 0 aliphatic heterocycles. The lowest BCUT2D eigenvalue weighted by Crippen LogP contribution is -2.23. The van der Waals surface area contributed by atoms with E-state index < -0.39 is 0 Å². The quantitative estimate of drug-likeness (QED) is 0.610. The van der Waals surface area contributed by atoms with Gasteiger partial charge < -0.3 is 9.47 Å². The normalized spacial score (nSPS) is 11.9. The first-order valence-electron chi connectivity index (χ1n) is 5.41. The van der Waals surface area contributed by atoms with Crippen molar-refractivity contribution in [3.05, 3.63) is 0 Å². The first-order valence-corrected chi connectivity index (χ1v) is 5.41. The van der Waals surface area contributed by atoms with Crippen molar-refractivity contribution in [2.75, 3.05) is 13.2 Å². The number of carbonyl (C=O) groups is 2. The number of carbonyl (C=O) groups excluding carboxylic acids is 2. The van der Waals surface area contributed by atoms with Gasteiger partial charge in [-0.2, -0.15) is 0 Å². The summed E-state index contributed by atoms with van der Waals surface area (Å²) in [5, 5.41) is 0. The van der Waals surface area contributed by atoms with Crippen LogP contribution in [-0.4, -0.2) is 25.2 Å². The van der Waals surface area contributed by atoms with Crippen LogP contribution in [0.25, 0.3) is 0 Å². The molecular formula is C11H20O4. The Hall–Kier alpha value is -1.06. The fourth-order valence-corrected chi connectivity index (χ4v) is 1.20. The second-order valence-corrected chi connectivity index (χ2v) is 3.39. The second kappa shape index (κ2) is 8.26. The van der Waals surface area contributed by atoms with Crippen LogP contribution in [0.4, 0.5) is 0 Å². The largest absolute Gasteiger partial charge is 0.466 e. The standard InChI is InChI=1S/C11H20O4/c1-4-6-7-10(8-15-9(3)12)11(13)14-5-2/h10H,4-8H2,1-3H3. The molecular weight excluding hydrogens is 196 g/mol. The molecule has 0 saturated heterocycles. The van der Waals surface area contributed by atoms with Crippen molar-refractivity contribution in [3.8, 4) is 0 Å². The molecule has 0 saturated carbocycles. The highest BCUT2D eigenvalue weighted by Crippen LogP contribution is 2.11. The van der Waals surface area contributed by atoms with Crippen molar-refractivity contribution in [1.29, 1.82) is 0 Å². The molecule has 0 aliphatic carbocycles. The van der Waals surface area contributed by atoms with Crippen molar-refractivity contribution in [1.82, 2.24) is 0 Å². The smallest absolute Gasteiger partial charge is 0.312 e. The highest BCUT2D eigenvalue weighted by atomic mass is 16.5. The van der Waals surface area contributed by atoms with Crippen LogP contribution in [-0.2, 0) is 19.1 Å². The lowest BCUT2D eigenvalue weighted by atomic mass is 10.0. The van der Waals surface area contributed by atoms with Crippen LogP contribution in [0.2, 0.25) is 0 Å². The average Bonchev–Trinajstić information content (AvgIpc) is 2.17. The van der Waals surface area contributed by atoms with Crippen molar-refractivity contribution in [2.24, 2.45) is 5.92 Å². The molecule has 4 heteroatoms. The van der Waals surface area contributed by atoms with Gasteiger partial charge in [-0.05, 0) is 13.3 Å². The zero-order valence-corrected chi connectivity index (χ0v) is 9.75. The molecule has 0 heterocycles. The van der Waals surface area contributed by atoms with Crippen molar-refractivity contribution in [2.45, 2.75) is 40.0 Å². The molecule has 15 heavy (non-hydrogen) atoms. The second-order valence-electron chi connectivity index (χ2n) is 3.39. The number of hydrogen-bond donors (Lipinski definition) is 0. The Bertz CT molecular complexity index is 201. The van der Waals surface area contributed by atoms with Crippen LogP contribution in [0.15, 0.2) is 0 Å². The van der Waals surface area contributed by atoms with E-state index in [1.54, 1.807) is 6.92 Å². The fourth-order valence-electron chi connectivity index (χ4n) is 1.20. The third-order valence-corrected chi connectivity index (χ3v) is 2.01. The topological polar surface area (TPSA) is 52.6 Å². The van der Waals surface area contributed by atoms with E-state index in [2.05, 4.69) is 0 Å². The van der Waals surface area contributed by atoms with Crippen LogP contribution in [0.5, 0.6) is 0 Å². The van der Waals surface area contributed by atoms with Gasteiger partial charge in [-0.15, -0.1) is 0 Å². The molecule has 88 valence electrons. The molecule has 4 nitrogen and oxygen atoms in total. The molecule has 0 aromatic rings. The number of hydrogen-bond acceptors (Lipinski definition) is 4. The van der Waals surface area contributed by atoms with Crippen molar-refractivity contribution in [3.63, 3.8) is 0 Å². The van der Waals surface area contributed by atoms with E-state index in [0.29, 0.717) is 13.0 Å². The molecule has 0 N–H and O–H groups in total. The van der Waals surface area contributed by atoms with Gasteiger partial charge in [0.1, 0.15) is 6.61 Å². The Morgan fingerprint density at radius 1 is 1.20 bits per heavy atom. The molecule has 0 rings (SSSR count). The number of rotatable bonds is 7. The third-order valence-electron chi connectivity index (χ3n) is 2.01. The molecule has 0 radical (unpaired) electrons. The van der Waals surface area contributed by atoms with Gasteiger partial charge in [0.15, 0.2) is 0 Å². The van der Waals surface area contributed by atoms with E-state index in [-0.39, 0.29) is 24.5 Å². The van der Waals surface area contributed by atoms with Gasteiger partial charge in [-0.3, -0.25) is 9.59 Å². The van der Waals surface area contributed by atoms with Gasteiger partial charge in [0.25, 0.3) is 0 Å². The lowest BCUT2D eigenvalue weighted by molar-refractivity contribution is -0.154. The summed E-state index contributed by atoms with van der Waals surface area (Å²) in [4.78, 5) is 22.1. The lowest BCUT2D eigenvalue weighted by Gasteiger charge is -2.14. The fraction of sp³-hybridized carbons (Fsp3) is 0.818. The van der Waals surface area contributed by atoms with Crippen LogP contribution < -0.4 is 0 Å². The van der Waals surface area contributed by atoms with E-state index in [1.807, 2.05) is 6.92 Å². The molecule has 0 aliphatic rings. The summed E-state index contributed by atoms with van der Waals surface area (Å²) in [6.07, 6.45) is 2.66. The Labute approximate surface area is 90.9 Å². The molecule has 0 spiro atoms. The summed E-state index contributed by atoms with van der Waals surface area (Å²) >= 11 is 0. The van der Waals surface area contributed by atoms with Crippen molar-refractivity contribution < 1.29 is 19.1 Å². The predicted octanol–water partition coefficient (Wildman–Crippen LogP) is 1.92. The third kappa shape index (κ3) is 6.94. The zero-order chi connectivity index (χ0) is 11.7. The number of ether oxygens (including phenoxy) is 2. The Morgan fingerprint density at radius 3 is 2.33 bits per heavy atom. The minimum Gasteiger partial charge on any atom is -0.466 e. The SMILES string of the molecule is CCCCC(COC(C)=O)C(=O)OCC. The first-order chi connectivity index (χ1) is 7.11. The minimum atomic E-state index is -0.360. The predicted molar refractivity (Wildman–Crippen MR) is 56.3 cm³/mol. The summed E-state index contributed by atoms with van der Waals surface area (Å²) in [5.74, 6) is -0.943. The molecule has 0 amide bonds. The Balaban J connectivity index is 4.04. The summed E-state index contributed by atoms with van der Waals surface area (Å²) in [6, 6.07) is 0. The molecule has 1 atom stereocenters. The highest BCUT2D eigenvalue weighted by Gasteiger charge is 2.20. The summed E-state index contributed by atoms with van der Waals surface area (Å²) in [7, 11) is 0. The van der Waals surface area contributed by atoms with Gasteiger partial charge in [-0.25, -0.2) is 0 Å². The molecule has 0 fully saturated rings. The van der Waals surface area contributed by atoms with E-state index in [9.17, 15) is 9.59 Å². The van der Waals surface area contributed by atoms with E-state index in [1.165, 1.54) is 6.92 Å². The van der Waals surface area contributed by atoms with Gasteiger partial charge >= 0.3 is 11.9 Å². The summed E-state index contributed by atoms with van der Waals surface area (Å²) < 4.78 is 9.73. The van der Waals surface area contributed by atoms with Gasteiger partial charge in [-0.1, -0.05) is 19.8 Å². The van der Waals surface area contributed by atoms with Crippen molar-refractivity contribution >= 4 is 11.9 Å². The molecule has 1 unspecified atom stereocenters. The van der Waals surface area contributed by atoms with E-state index >= 15 is 0 Å². The molecule has 0 aromatic heterocycles. The van der Waals surface area contributed by atoms with Gasteiger partial charge in [0.05, 0.1) is 12.5 Å². The van der Waals surface area contributed by atoms with Crippen LogP contribution in [0, 0.1) is 5.92 Å². The number of unbranched alkanes of at least 4 members (excludes halogenated alkanes) is 1. The van der Waals surface area contributed by atoms with Gasteiger partial charge in [0, 0.05) is 6.92 Å². The summed E-state index contributed by atoms with van der Waals surface area (Å²) in [6.45, 7) is 5.65. The Kier molecular flexibility index (Phi) is 7.68. The van der Waals surface area contributed by atoms with Crippen LogP contribution >= 0.6 is 0 Å². The monoisotopic (exact) mass is 216 g/mol. The first kappa shape index (κ1) is 13.9. The summed E-state index contributed by atoms with van der Waals surface area (Å²) in [5.41, 5.74) is 0. The minimum absolute atomic E-state index is 0.133. The van der Waals surface area contributed by atoms with Crippen LogP contribution in [0.3, 0.4) is 0 Å². The maximum absolute atomic E-state index is 11.4. The zero-order valence-electron chi connectivity index (χ0n) is 9.75. The Morgan fingerprint density at radius 2 is 1.87 bits per heavy atom. The average molecular weight is 216 g/mol. The van der Waals surface area contributed by atoms with E-state index in [4.69, 9.17) is 9.47 Å². The highest BCUT2D eigenvalue weighted by molar-refractivity contribution is 5.73. The van der Waals surface area contributed by atoms with Crippen LogP contribution in [0.1, 0.15) is 40.0 Å². The molecule has 0 aromatic carbocycles.